The van der Waals surface area contributed by atoms with Gasteiger partial charge in [0.25, 0.3) is 5.91 Å². The average molecular weight is 289 g/mol. The van der Waals surface area contributed by atoms with Crippen molar-refractivity contribution in [2.75, 3.05) is 7.05 Å². The zero-order valence-electron chi connectivity index (χ0n) is 11.6. The largest absolute Gasteiger partial charge is 0.337 e. The molecule has 1 aromatic heterocycles. The van der Waals surface area contributed by atoms with Crippen molar-refractivity contribution in [3.63, 3.8) is 0 Å². The van der Waals surface area contributed by atoms with Crippen LogP contribution in [-0.2, 0) is 13.0 Å². The van der Waals surface area contributed by atoms with Gasteiger partial charge in [-0.1, -0.05) is 42.8 Å². The fourth-order valence-corrected chi connectivity index (χ4v) is 2.18. The molecule has 0 spiro atoms. The van der Waals surface area contributed by atoms with Crippen LogP contribution in [0.5, 0.6) is 0 Å². The number of rotatable bonds is 4. The predicted molar refractivity (Wildman–Crippen MR) is 80.9 cm³/mol. The van der Waals surface area contributed by atoms with Crippen molar-refractivity contribution in [2.45, 2.75) is 19.9 Å². The van der Waals surface area contributed by atoms with Crippen LogP contribution in [0.25, 0.3) is 0 Å². The molecule has 0 atom stereocenters. The first kappa shape index (κ1) is 14.5. The van der Waals surface area contributed by atoms with Gasteiger partial charge in [0.2, 0.25) is 0 Å². The van der Waals surface area contributed by atoms with Crippen LogP contribution in [0.4, 0.5) is 0 Å². The van der Waals surface area contributed by atoms with Crippen molar-refractivity contribution in [2.24, 2.45) is 0 Å². The first-order valence-electron chi connectivity index (χ1n) is 6.54. The molecule has 0 aliphatic heterocycles. The molecule has 0 aliphatic carbocycles. The van der Waals surface area contributed by atoms with Gasteiger partial charge in [0.1, 0.15) is 0 Å². The van der Waals surface area contributed by atoms with Gasteiger partial charge in [-0.25, -0.2) is 0 Å². The Bertz CT molecular complexity index is 596. The Hall–Kier alpha value is -1.87. The van der Waals surface area contributed by atoms with Gasteiger partial charge in [-0.3, -0.25) is 9.78 Å². The molecule has 2 aromatic rings. The second kappa shape index (κ2) is 6.53. The lowest BCUT2D eigenvalue weighted by atomic mass is 10.1. The molecule has 1 heterocycles. The van der Waals surface area contributed by atoms with Gasteiger partial charge in [-0.2, -0.15) is 0 Å². The van der Waals surface area contributed by atoms with Crippen LogP contribution >= 0.6 is 11.6 Å². The summed E-state index contributed by atoms with van der Waals surface area (Å²) in [6.07, 6.45) is 4.07. The first-order chi connectivity index (χ1) is 9.61. The van der Waals surface area contributed by atoms with Gasteiger partial charge in [0.05, 0.1) is 10.6 Å². The van der Waals surface area contributed by atoms with E-state index < -0.39 is 0 Å². The summed E-state index contributed by atoms with van der Waals surface area (Å²) < 4.78 is 0. The Balaban J connectivity index is 2.09. The van der Waals surface area contributed by atoms with Crippen LogP contribution in [0.1, 0.15) is 28.4 Å². The Kier molecular flexibility index (Phi) is 4.74. The van der Waals surface area contributed by atoms with Gasteiger partial charge in [0, 0.05) is 26.0 Å². The lowest BCUT2D eigenvalue weighted by Gasteiger charge is -2.18. The average Bonchev–Trinajstić information content (AvgIpc) is 2.48. The van der Waals surface area contributed by atoms with Crippen LogP contribution < -0.4 is 0 Å². The summed E-state index contributed by atoms with van der Waals surface area (Å²) in [5.41, 5.74) is 2.87. The van der Waals surface area contributed by atoms with Gasteiger partial charge in [-0.05, 0) is 23.6 Å². The summed E-state index contributed by atoms with van der Waals surface area (Å²) in [6.45, 7) is 2.68. The van der Waals surface area contributed by atoms with E-state index in [4.69, 9.17) is 11.6 Å². The number of nitrogens with zero attached hydrogens (tertiary/aromatic N) is 2. The van der Waals surface area contributed by atoms with E-state index in [1.165, 1.54) is 11.8 Å². The monoisotopic (exact) mass is 288 g/mol. The summed E-state index contributed by atoms with van der Waals surface area (Å²) in [5.74, 6) is -0.100. The molecule has 20 heavy (non-hydrogen) atoms. The third kappa shape index (κ3) is 3.36. The number of carbonyl (C=O) groups is 1. The highest BCUT2D eigenvalue weighted by atomic mass is 35.5. The quantitative estimate of drug-likeness (QED) is 0.862. The zero-order valence-corrected chi connectivity index (χ0v) is 12.4. The van der Waals surface area contributed by atoms with Crippen LogP contribution in [0, 0.1) is 0 Å². The van der Waals surface area contributed by atoms with E-state index in [1.54, 1.807) is 24.2 Å². The van der Waals surface area contributed by atoms with Gasteiger partial charge in [0.15, 0.2) is 0 Å². The number of amides is 1. The molecule has 0 radical (unpaired) electrons. The zero-order chi connectivity index (χ0) is 14.5. The highest BCUT2D eigenvalue weighted by molar-refractivity contribution is 6.33. The van der Waals surface area contributed by atoms with Gasteiger partial charge < -0.3 is 4.90 Å². The Morgan fingerprint density at radius 1 is 1.20 bits per heavy atom. The van der Waals surface area contributed by atoms with Crippen molar-refractivity contribution in [3.8, 4) is 0 Å². The third-order valence-electron chi connectivity index (χ3n) is 3.20. The Labute approximate surface area is 124 Å². The fourth-order valence-electron chi connectivity index (χ4n) is 1.98. The number of hydrogen-bond acceptors (Lipinski definition) is 2. The summed E-state index contributed by atoms with van der Waals surface area (Å²) in [5, 5.41) is 0.380. The molecule has 0 saturated heterocycles. The summed E-state index contributed by atoms with van der Waals surface area (Å²) in [4.78, 5) is 17.8. The lowest BCUT2D eigenvalue weighted by molar-refractivity contribution is 0.0785. The minimum absolute atomic E-state index is 0.100. The van der Waals surface area contributed by atoms with E-state index in [0.29, 0.717) is 17.1 Å². The molecule has 3 nitrogen and oxygen atoms in total. The molecule has 0 aliphatic rings. The van der Waals surface area contributed by atoms with Crippen molar-refractivity contribution < 1.29 is 4.79 Å². The lowest BCUT2D eigenvalue weighted by Crippen LogP contribution is -2.26. The van der Waals surface area contributed by atoms with Gasteiger partial charge in [-0.15, -0.1) is 0 Å². The second-order valence-electron chi connectivity index (χ2n) is 4.69. The third-order valence-corrected chi connectivity index (χ3v) is 3.50. The smallest absolute Gasteiger partial charge is 0.255 e. The summed E-state index contributed by atoms with van der Waals surface area (Å²) >= 11 is 6.00. The van der Waals surface area contributed by atoms with E-state index in [-0.39, 0.29) is 5.91 Å². The number of hydrogen-bond donors (Lipinski definition) is 0. The molecule has 0 unspecified atom stereocenters. The normalized spacial score (nSPS) is 10.3. The highest BCUT2D eigenvalue weighted by Gasteiger charge is 2.15. The van der Waals surface area contributed by atoms with E-state index in [1.807, 2.05) is 0 Å². The second-order valence-corrected chi connectivity index (χ2v) is 5.09. The molecule has 104 valence electrons. The first-order valence-corrected chi connectivity index (χ1v) is 6.92. The maximum absolute atomic E-state index is 12.3. The van der Waals surface area contributed by atoms with E-state index in [9.17, 15) is 4.79 Å². The molecule has 2 rings (SSSR count). The Morgan fingerprint density at radius 3 is 2.45 bits per heavy atom. The standard InChI is InChI=1S/C16H17ClN2O/c1-3-12-4-6-13(7-5-12)11-19(2)16(20)14-8-9-18-10-15(14)17/h4-10H,3,11H2,1-2H3. The molecule has 0 fully saturated rings. The number of carbonyl (C=O) groups excluding carboxylic acids is 1. The predicted octanol–water partition coefficient (Wildman–Crippen LogP) is 3.57. The van der Waals surface area contributed by atoms with E-state index in [2.05, 4.69) is 36.2 Å². The fraction of sp³-hybridized carbons (Fsp3) is 0.250. The number of benzene rings is 1. The number of halogens is 1. The molecule has 0 N–H and O–H groups in total. The highest BCUT2D eigenvalue weighted by Crippen LogP contribution is 2.16. The molecular weight excluding hydrogens is 272 g/mol. The van der Waals surface area contributed by atoms with Crippen molar-refractivity contribution in [3.05, 3.63) is 64.4 Å². The minimum Gasteiger partial charge on any atom is -0.337 e. The number of aromatic nitrogens is 1. The molecule has 0 saturated carbocycles. The number of pyridine rings is 1. The van der Waals surface area contributed by atoms with E-state index >= 15 is 0 Å². The van der Waals surface area contributed by atoms with Crippen molar-refractivity contribution in [1.29, 1.82) is 0 Å². The Morgan fingerprint density at radius 2 is 1.85 bits per heavy atom. The van der Waals surface area contributed by atoms with E-state index in [0.717, 1.165) is 12.0 Å². The van der Waals surface area contributed by atoms with Crippen molar-refractivity contribution in [1.82, 2.24) is 9.88 Å². The molecule has 4 heteroatoms. The minimum atomic E-state index is -0.100. The molecule has 1 aromatic carbocycles. The molecule has 1 amide bonds. The van der Waals surface area contributed by atoms with Crippen LogP contribution in [-0.4, -0.2) is 22.8 Å². The topological polar surface area (TPSA) is 33.2 Å². The van der Waals surface area contributed by atoms with Crippen LogP contribution in [0.2, 0.25) is 5.02 Å². The van der Waals surface area contributed by atoms with Crippen LogP contribution in [0.15, 0.2) is 42.7 Å². The van der Waals surface area contributed by atoms with Crippen LogP contribution in [0.3, 0.4) is 0 Å². The maximum atomic E-state index is 12.3. The summed E-state index contributed by atoms with van der Waals surface area (Å²) in [6, 6.07) is 9.93. The summed E-state index contributed by atoms with van der Waals surface area (Å²) in [7, 11) is 1.77. The maximum Gasteiger partial charge on any atom is 0.255 e. The number of aryl methyl sites for hydroxylation is 1. The molecular formula is C16H17ClN2O. The van der Waals surface area contributed by atoms with Crippen molar-refractivity contribution >= 4 is 17.5 Å². The SMILES string of the molecule is CCc1ccc(CN(C)C(=O)c2ccncc2Cl)cc1. The molecule has 0 bridgehead atoms. The van der Waals surface area contributed by atoms with Gasteiger partial charge >= 0.3 is 0 Å².